The molecule has 10 heavy (non-hydrogen) atoms. The Morgan fingerprint density at radius 3 is 2.90 bits per heavy atom. The third-order valence-electron chi connectivity index (χ3n) is 1.66. The Labute approximate surface area is 60.3 Å². The summed E-state index contributed by atoms with van der Waals surface area (Å²) in [6.45, 7) is 2.31. The van der Waals surface area contributed by atoms with Crippen molar-refractivity contribution in [3.63, 3.8) is 0 Å². The molecule has 0 radical (unpaired) electrons. The molecule has 0 spiro atoms. The molecule has 3 heteroatoms. The van der Waals surface area contributed by atoms with E-state index in [-0.39, 0.29) is 18.0 Å². The second kappa shape index (κ2) is 3.12. The number of carbonyl (C=O) groups is 1. The molecule has 1 heterocycles. The molecule has 1 fully saturated rings. The van der Waals surface area contributed by atoms with Gasteiger partial charge < -0.3 is 9.47 Å². The van der Waals surface area contributed by atoms with Crippen molar-refractivity contribution in [2.24, 2.45) is 0 Å². The lowest BCUT2D eigenvalue weighted by Gasteiger charge is -2.24. The van der Waals surface area contributed by atoms with Gasteiger partial charge in [0.15, 0.2) is 5.78 Å². The standard InChI is InChI=1S/C7H12O3/c1-5-3-6(8)7(9-2)4-10-5/h5,7H,3-4H2,1-2H3/t5-,7-/m0/s1. The van der Waals surface area contributed by atoms with Crippen LogP contribution >= 0.6 is 0 Å². The SMILES string of the molecule is CO[C@H]1CO[C@@H](C)CC1=O. The second-order valence-electron chi connectivity index (χ2n) is 2.54. The number of ketones is 1. The molecule has 0 aromatic carbocycles. The van der Waals surface area contributed by atoms with Crippen molar-refractivity contribution in [1.82, 2.24) is 0 Å². The first-order chi connectivity index (χ1) is 4.74. The molecular weight excluding hydrogens is 132 g/mol. The van der Waals surface area contributed by atoms with Gasteiger partial charge in [-0.3, -0.25) is 4.79 Å². The fraction of sp³-hybridized carbons (Fsp3) is 0.857. The normalized spacial score (nSPS) is 34.4. The highest BCUT2D eigenvalue weighted by Crippen LogP contribution is 2.11. The number of carbonyl (C=O) groups excluding carboxylic acids is 1. The largest absolute Gasteiger partial charge is 0.375 e. The summed E-state index contributed by atoms with van der Waals surface area (Å²) < 4.78 is 10.1. The van der Waals surface area contributed by atoms with Crippen LogP contribution in [0.3, 0.4) is 0 Å². The summed E-state index contributed by atoms with van der Waals surface area (Å²) in [5.41, 5.74) is 0. The van der Waals surface area contributed by atoms with Crippen molar-refractivity contribution in [3.05, 3.63) is 0 Å². The zero-order valence-electron chi connectivity index (χ0n) is 6.29. The van der Waals surface area contributed by atoms with E-state index in [1.807, 2.05) is 6.92 Å². The third-order valence-corrected chi connectivity index (χ3v) is 1.66. The molecular formula is C7H12O3. The van der Waals surface area contributed by atoms with E-state index in [2.05, 4.69) is 0 Å². The molecule has 0 N–H and O–H groups in total. The van der Waals surface area contributed by atoms with Crippen molar-refractivity contribution in [1.29, 1.82) is 0 Å². The minimum Gasteiger partial charge on any atom is -0.375 e. The molecule has 0 saturated carbocycles. The first-order valence-corrected chi connectivity index (χ1v) is 3.41. The van der Waals surface area contributed by atoms with E-state index >= 15 is 0 Å². The van der Waals surface area contributed by atoms with Crippen LogP contribution in [0, 0.1) is 0 Å². The number of methoxy groups -OCH3 is 1. The quantitative estimate of drug-likeness (QED) is 0.533. The topological polar surface area (TPSA) is 35.5 Å². The predicted molar refractivity (Wildman–Crippen MR) is 35.8 cm³/mol. The molecule has 3 nitrogen and oxygen atoms in total. The summed E-state index contributed by atoms with van der Waals surface area (Å²) >= 11 is 0. The van der Waals surface area contributed by atoms with Gasteiger partial charge in [0.25, 0.3) is 0 Å². The Morgan fingerprint density at radius 1 is 1.70 bits per heavy atom. The van der Waals surface area contributed by atoms with Crippen LogP contribution in [0.5, 0.6) is 0 Å². The highest BCUT2D eigenvalue weighted by atomic mass is 16.5. The van der Waals surface area contributed by atoms with Crippen molar-refractivity contribution in [2.45, 2.75) is 25.6 Å². The van der Waals surface area contributed by atoms with Gasteiger partial charge in [0.2, 0.25) is 0 Å². The smallest absolute Gasteiger partial charge is 0.166 e. The van der Waals surface area contributed by atoms with E-state index < -0.39 is 0 Å². The van der Waals surface area contributed by atoms with E-state index in [0.717, 1.165) is 0 Å². The molecule has 0 aromatic rings. The average molecular weight is 144 g/mol. The Balaban J connectivity index is 2.43. The van der Waals surface area contributed by atoms with Gasteiger partial charge in [-0.15, -0.1) is 0 Å². The molecule has 0 aliphatic carbocycles. The zero-order chi connectivity index (χ0) is 7.56. The lowest BCUT2D eigenvalue weighted by molar-refractivity contribution is -0.145. The number of hydrogen-bond donors (Lipinski definition) is 0. The first-order valence-electron chi connectivity index (χ1n) is 3.41. The van der Waals surface area contributed by atoms with Gasteiger partial charge in [0.05, 0.1) is 12.7 Å². The number of ether oxygens (including phenoxy) is 2. The fourth-order valence-corrected chi connectivity index (χ4v) is 1.02. The van der Waals surface area contributed by atoms with Crippen LogP contribution in [0.4, 0.5) is 0 Å². The van der Waals surface area contributed by atoms with Gasteiger partial charge in [-0.2, -0.15) is 0 Å². The number of rotatable bonds is 1. The zero-order valence-corrected chi connectivity index (χ0v) is 6.29. The highest BCUT2D eigenvalue weighted by molar-refractivity contribution is 5.84. The van der Waals surface area contributed by atoms with Gasteiger partial charge in [0, 0.05) is 13.5 Å². The van der Waals surface area contributed by atoms with E-state index in [1.165, 1.54) is 7.11 Å². The van der Waals surface area contributed by atoms with Crippen LogP contribution in [0.15, 0.2) is 0 Å². The molecule has 0 aromatic heterocycles. The van der Waals surface area contributed by atoms with Crippen molar-refractivity contribution in [3.8, 4) is 0 Å². The van der Waals surface area contributed by atoms with Crippen LogP contribution < -0.4 is 0 Å². The maximum atomic E-state index is 11.0. The number of hydrogen-bond acceptors (Lipinski definition) is 3. The van der Waals surface area contributed by atoms with E-state index in [9.17, 15) is 4.79 Å². The second-order valence-corrected chi connectivity index (χ2v) is 2.54. The maximum Gasteiger partial charge on any atom is 0.166 e. The summed E-state index contributed by atoms with van der Waals surface area (Å²) in [5, 5.41) is 0. The molecule has 0 amide bonds. The molecule has 1 aliphatic rings. The van der Waals surface area contributed by atoms with Crippen molar-refractivity contribution >= 4 is 5.78 Å². The van der Waals surface area contributed by atoms with Crippen LogP contribution in [0.2, 0.25) is 0 Å². The van der Waals surface area contributed by atoms with Crippen molar-refractivity contribution in [2.75, 3.05) is 13.7 Å². The van der Waals surface area contributed by atoms with E-state index in [0.29, 0.717) is 13.0 Å². The number of Topliss-reactive ketones (excluding diaryl/α,β-unsaturated/α-hetero) is 1. The Hall–Kier alpha value is -0.410. The van der Waals surface area contributed by atoms with E-state index in [4.69, 9.17) is 9.47 Å². The summed E-state index contributed by atoms with van der Waals surface area (Å²) in [6.07, 6.45) is 0.230. The van der Waals surface area contributed by atoms with Gasteiger partial charge in [0.1, 0.15) is 6.10 Å². The predicted octanol–water partition coefficient (Wildman–Crippen LogP) is 0.379. The monoisotopic (exact) mass is 144 g/mol. The third kappa shape index (κ3) is 1.55. The molecule has 0 unspecified atom stereocenters. The summed E-state index contributed by atoms with van der Waals surface area (Å²) in [5.74, 6) is 0.154. The van der Waals surface area contributed by atoms with E-state index in [1.54, 1.807) is 0 Å². The van der Waals surface area contributed by atoms with Crippen LogP contribution in [0.25, 0.3) is 0 Å². The van der Waals surface area contributed by atoms with Gasteiger partial charge in [-0.05, 0) is 6.92 Å². The molecule has 0 bridgehead atoms. The Morgan fingerprint density at radius 2 is 2.40 bits per heavy atom. The lowest BCUT2D eigenvalue weighted by Crippen LogP contribution is -2.37. The lowest BCUT2D eigenvalue weighted by atomic mass is 10.1. The molecule has 1 rings (SSSR count). The Bertz CT molecular complexity index is 133. The maximum absolute atomic E-state index is 11.0. The van der Waals surface area contributed by atoms with Gasteiger partial charge in [-0.25, -0.2) is 0 Å². The Kier molecular flexibility index (Phi) is 2.40. The minimum atomic E-state index is -0.323. The summed E-state index contributed by atoms with van der Waals surface area (Å²) in [7, 11) is 1.53. The highest BCUT2D eigenvalue weighted by Gasteiger charge is 2.26. The molecule has 58 valence electrons. The van der Waals surface area contributed by atoms with Crippen LogP contribution in [0.1, 0.15) is 13.3 Å². The minimum absolute atomic E-state index is 0.0684. The average Bonchev–Trinajstić information content (AvgIpc) is 1.88. The van der Waals surface area contributed by atoms with Crippen LogP contribution in [-0.4, -0.2) is 31.7 Å². The first kappa shape index (κ1) is 7.69. The van der Waals surface area contributed by atoms with Gasteiger partial charge in [-0.1, -0.05) is 0 Å². The molecule has 2 atom stereocenters. The van der Waals surface area contributed by atoms with Gasteiger partial charge >= 0.3 is 0 Å². The van der Waals surface area contributed by atoms with Crippen molar-refractivity contribution < 1.29 is 14.3 Å². The summed E-state index contributed by atoms with van der Waals surface area (Å²) in [4.78, 5) is 11.0. The molecule has 1 saturated heterocycles. The molecule has 1 aliphatic heterocycles. The fourth-order valence-electron chi connectivity index (χ4n) is 1.02. The summed E-state index contributed by atoms with van der Waals surface area (Å²) in [6, 6.07) is 0. The van der Waals surface area contributed by atoms with Crippen LogP contribution in [-0.2, 0) is 14.3 Å².